The van der Waals surface area contributed by atoms with Crippen molar-refractivity contribution in [2.45, 2.75) is 32.6 Å². The molecule has 0 saturated heterocycles. The maximum atomic E-state index is 2.39. The van der Waals surface area contributed by atoms with Crippen molar-refractivity contribution in [3.63, 3.8) is 0 Å². The molecule has 1 fully saturated rings. The zero-order chi connectivity index (χ0) is 6.27. The van der Waals surface area contributed by atoms with Crippen molar-refractivity contribution in [1.82, 2.24) is 0 Å². The summed E-state index contributed by atoms with van der Waals surface area (Å²) in [6, 6.07) is 0. The molecule has 1 saturated carbocycles. The smallest absolute Gasteiger partial charge is 0.0133 e. The van der Waals surface area contributed by atoms with Gasteiger partial charge in [-0.15, -0.1) is 0 Å². The molecule has 2 aliphatic rings. The van der Waals surface area contributed by atoms with Gasteiger partial charge in [0.2, 0.25) is 0 Å². The minimum absolute atomic E-state index is 1.06. The number of rotatable bonds is 3. The maximum Gasteiger partial charge on any atom is -0.0133 e. The van der Waals surface area contributed by atoms with E-state index in [9.17, 15) is 0 Å². The number of hydrogen-bond acceptors (Lipinski definition) is 0. The molecule has 0 radical (unpaired) electrons. The Morgan fingerprint density at radius 2 is 2.44 bits per heavy atom. The van der Waals surface area contributed by atoms with Crippen molar-refractivity contribution < 1.29 is 0 Å². The van der Waals surface area contributed by atoms with Crippen LogP contribution in [-0.2, 0) is 0 Å². The highest BCUT2D eigenvalue weighted by atomic mass is 14.5. The van der Waals surface area contributed by atoms with Crippen molar-refractivity contribution in [3.8, 4) is 0 Å². The number of hydrogen-bond donors (Lipinski definition) is 0. The third-order valence-electron chi connectivity index (χ3n) is 2.50. The fourth-order valence-electron chi connectivity index (χ4n) is 1.75. The van der Waals surface area contributed by atoms with Gasteiger partial charge in [-0.1, -0.05) is 31.4 Å². The monoisotopic (exact) mass is 122 g/mol. The van der Waals surface area contributed by atoms with Crippen LogP contribution in [0.2, 0.25) is 0 Å². The molecule has 9 heavy (non-hydrogen) atoms. The summed E-state index contributed by atoms with van der Waals surface area (Å²) < 4.78 is 0. The summed E-state index contributed by atoms with van der Waals surface area (Å²) in [5.74, 6) is 2.16. The first-order valence-corrected chi connectivity index (χ1v) is 4.10. The van der Waals surface area contributed by atoms with Crippen LogP contribution in [-0.4, -0.2) is 0 Å². The van der Waals surface area contributed by atoms with E-state index in [-0.39, 0.29) is 0 Å². The quantitative estimate of drug-likeness (QED) is 0.505. The molecule has 0 heterocycles. The average molecular weight is 122 g/mol. The van der Waals surface area contributed by atoms with Crippen LogP contribution in [0.15, 0.2) is 11.6 Å². The van der Waals surface area contributed by atoms with Crippen molar-refractivity contribution in [3.05, 3.63) is 11.6 Å². The molecule has 0 spiro atoms. The van der Waals surface area contributed by atoms with Gasteiger partial charge in [-0.2, -0.15) is 0 Å². The lowest BCUT2D eigenvalue weighted by atomic mass is 10.2. The van der Waals surface area contributed by atoms with Gasteiger partial charge in [0, 0.05) is 0 Å². The fraction of sp³-hybridized carbons (Fsp3) is 0.778. The lowest BCUT2D eigenvalue weighted by Gasteiger charge is -1.89. The van der Waals surface area contributed by atoms with Gasteiger partial charge in [0.25, 0.3) is 0 Å². The molecule has 2 rings (SSSR count). The fourth-order valence-corrected chi connectivity index (χ4v) is 1.75. The average Bonchev–Trinajstić information content (AvgIpc) is 2.58. The molecule has 0 aromatic rings. The predicted molar refractivity (Wildman–Crippen MR) is 39.2 cm³/mol. The molecule has 0 bridgehead atoms. The first kappa shape index (κ1) is 5.52. The molecule has 0 aromatic carbocycles. The van der Waals surface area contributed by atoms with Gasteiger partial charge >= 0.3 is 0 Å². The van der Waals surface area contributed by atoms with E-state index in [0.29, 0.717) is 0 Å². The van der Waals surface area contributed by atoms with E-state index >= 15 is 0 Å². The van der Waals surface area contributed by atoms with Crippen molar-refractivity contribution in [1.29, 1.82) is 0 Å². The van der Waals surface area contributed by atoms with Crippen LogP contribution in [0.3, 0.4) is 0 Å². The molecule has 0 N–H and O–H groups in total. The van der Waals surface area contributed by atoms with Crippen LogP contribution in [0.1, 0.15) is 32.6 Å². The molecule has 0 nitrogen and oxygen atoms in total. The minimum Gasteiger partial charge on any atom is -0.0807 e. The maximum absolute atomic E-state index is 2.39. The lowest BCUT2D eigenvalue weighted by molar-refractivity contribution is 0.673. The second-order valence-electron chi connectivity index (χ2n) is 3.37. The zero-order valence-electron chi connectivity index (χ0n) is 6.06. The highest BCUT2D eigenvalue weighted by molar-refractivity contribution is 5.29. The zero-order valence-corrected chi connectivity index (χ0v) is 6.06. The molecular formula is C9H14. The van der Waals surface area contributed by atoms with E-state index in [1.165, 1.54) is 25.7 Å². The van der Waals surface area contributed by atoms with Gasteiger partial charge in [-0.05, 0) is 24.7 Å². The van der Waals surface area contributed by atoms with E-state index in [4.69, 9.17) is 0 Å². The van der Waals surface area contributed by atoms with Gasteiger partial charge in [0.1, 0.15) is 0 Å². The van der Waals surface area contributed by atoms with Gasteiger partial charge in [-0.3, -0.25) is 0 Å². The Morgan fingerprint density at radius 1 is 1.67 bits per heavy atom. The summed E-state index contributed by atoms with van der Waals surface area (Å²) in [4.78, 5) is 0. The Kier molecular flexibility index (Phi) is 1.14. The van der Waals surface area contributed by atoms with E-state index in [0.717, 1.165) is 11.8 Å². The van der Waals surface area contributed by atoms with Crippen LogP contribution in [0, 0.1) is 11.8 Å². The third-order valence-corrected chi connectivity index (χ3v) is 2.50. The van der Waals surface area contributed by atoms with Gasteiger partial charge in [-0.25, -0.2) is 0 Å². The normalized spacial score (nSPS) is 38.1. The first-order valence-electron chi connectivity index (χ1n) is 4.10. The summed E-state index contributed by atoms with van der Waals surface area (Å²) in [7, 11) is 0. The Labute approximate surface area is 57.0 Å². The van der Waals surface area contributed by atoms with Crippen LogP contribution in [0.25, 0.3) is 0 Å². The Balaban J connectivity index is 1.75. The summed E-state index contributed by atoms with van der Waals surface area (Å²) in [6.45, 7) is 2.29. The summed E-state index contributed by atoms with van der Waals surface area (Å²) >= 11 is 0. The van der Waals surface area contributed by atoms with E-state index < -0.39 is 0 Å². The van der Waals surface area contributed by atoms with Gasteiger partial charge < -0.3 is 0 Å². The van der Waals surface area contributed by atoms with Crippen LogP contribution in [0.4, 0.5) is 0 Å². The van der Waals surface area contributed by atoms with Gasteiger partial charge in [0.15, 0.2) is 0 Å². The SMILES string of the molecule is CCCC1CC1C1=CC1. The largest absolute Gasteiger partial charge is 0.0807 e. The van der Waals surface area contributed by atoms with Crippen molar-refractivity contribution in [2.24, 2.45) is 11.8 Å². The minimum atomic E-state index is 1.06. The molecular weight excluding hydrogens is 108 g/mol. The Morgan fingerprint density at radius 3 is 3.00 bits per heavy atom. The highest BCUT2D eigenvalue weighted by Crippen LogP contribution is 2.52. The van der Waals surface area contributed by atoms with Gasteiger partial charge in [0.05, 0.1) is 0 Å². The van der Waals surface area contributed by atoms with Crippen LogP contribution >= 0.6 is 0 Å². The molecule has 50 valence electrons. The molecule has 0 amide bonds. The van der Waals surface area contributed by atoms with Crippen molar-refractivity contribution >= 4 is 0 Å². The molecule has 2 aliphatic carbocycles. The summed E-state index contributed by atoms with van der Waals surface area (Å²) in [5, 5.41) is 0. The van der Waals surface area contributed by atoms with Crippen molar-refractivity contribution in [2.75, 3.05) is 0 Å². The molecule has 2 unspecified atom stereocenters. The Bertz CT molecular complexity index is 144. The summed E-state index contributed by atoms with van der Waals surface area (Å²) in [5.41, 5.74) is 1.77. The van der Waals surface area contributed by atoms with E-state index in [1.807, 2.05) is 0 Å². The predicted octanol–water partition coefficient (Wildman–Crippen LogP) is 2.75. The second-order valence-corrected chi connectivity index (χ2v) is 3.37. The summed E-state index contributed by atoms with van der Waals surface area (Å²) in [6.07, 6.45) is 8.11. The first-order chi connectivity index (χ1) is 4.42. The van der Waals surface area contributed by atoms with Crippen LogP contribution < -0.4 is 0 Å². The Hall–Kier alpha value is -0.260. The lowest BCUT2D eigenvalue weighted by Crippen LogP contribution is -1.78. The van der Waals surface area contributed by atoms with Crippen LogP contribution in [0.5, 0.6) is 0 Å². The molecule has 0 heteroatoms. The topological polar surface area (TPSA) is 0 Å². The second kappa shape index (κ2) is 1.86. The number of allylic oxidation sites excluding steroid dienone is 2. The highest BCUT2D eigenvalue weighted by Gasteiger charge is 2.40. The van der Waals surface area contributed by atoms with E-state index in [1.54, 1.807) is 5.57 Å². The third kappa shape index (κ3) is 1.03. The van der Waals surface area contributed by atoms with E-state index in [2.05, 4.69) is 13.0 Å². The molecule has 2 atom stereocenters. The molecule has 0 aromatic heterocycles. The molecule has 0 aliphatic heterocycles. The standard InChI is InChI=1S/C9H14/c1-2-3-8-6-9(8)7-4-5-7/h4,8-9H,2-3,5-6H2,1H3.